The van der Waals surface area contributed by atoms with Crippen molar-refractivity contribution >= 4 is 6.09 Å². The monoisotopic (exact) mass is 373 g/mol. The van der Waals surface area contributed by atoms with Crippen LogP contribution in [-0.2, 0) is 17.9 Å². The molecule has 28 heavy (non-hydrogen) atoms. The number of fused-ring (bicyclic) bond motifs is 2. The molecule has 2 heterocycles. The highest BCUT2D eigenvalue weighted by molar-refractivity contribution is 5.70. The van der Waals surface area contributed by atoms with E-state index < -0.39 is 0 Å². The van der Waals surface area contributed by atoms with Crippen LogP contribution >= 0.6 is 0 Å². The average molecular weight is 373 g/mol. The van der Waals surface area contributed by atoms with E-state index in [9.17, 15) is 4.79 Å². The standard InChI is InChI=1S/C23H23N3O2/c24-12-11-20-13-21-15-25(14-18-7-3-1-4-8-18)16-22(20)26(21)23(27)28-17-19-9-5-2-6-10-19/h1-11,21-22H,13-17H2/b20-11+/t21-,22-/m1/s1. The molecule has 2 fully saturated rings. The molecule has 0 N–H and O–H groups in total. The van der Waals surface area contributed by atoms with E-state index >= 15 is 0 Å². The van der Waals surface area contributed by atoms with Gasteiger partial charge in [-0.15, -0.1) is 0 Å². The highest BCUT2D eigenvalue weighted by atomic mass is 16.6. The predicted molar refractivity (Wildman–Crippen MR) is 106 cm³/mol. The summed E-state index contributed by atoms with van der Waals surface area (Å²) in [5.41, 5.74) is 3.26. The van der Waals surface area contributed by atoms with E-state index in [1.807, 2.05) is 53.4 Å². The van der Waals surface area contributed by atoms with Crippen LogP contribution in [0.4, 0.5) is 4.79 Å². The molecule has 2 atom stereocenters. The third-order valence-corrected chi connectivity index (χ3v) is 5.44. The Hall–Kier alpha value is -3.10. The lowest BCUT2D eigenvalue weighted by Crippen LogP contribution is -2.55. The number of amides is 1. The summed E-state index contributed by atoms with van der Waals surface area (Å²) in [6.07, 6.45) is 2.05. The van der Waals surface area contributed by atoms with Crippen molar-refractivity contribution in [3.63, 3.8) is 0 Å². The minimum atomic E-state index is -0.292. The quantitative estimate of drug-likeness (QED) is 0.766. The first kappa shape index (κ1) is 18.3. The zero-order valence-corrected chi connectivity index (χ0v) is 15.7. The molecule has 0 radical (unpaired) electrons. The summed E-state index contributed by atoms with van der Waals surface area (Å²) in [4.78, 5) is 17.0. The summed E-state index contributed by atoms with van der Waals surface area (Å²) in [6.45, 7) is 2.62. The molecule has 4 rings (SSSR count). The van der Waals surface area contributed by atoms with E-state index in [2.05, 4.69) is 23.1 Å². The van der Waals surface area contributed by atoms with Crippen molar-refractivity contribution in [2.75, 3.05) is 13.1 Å². The Morgan fingerprint density at radius 1 is 1.07 bits per heavy atom. The lowest BCUT2D eigenvalue weighted by molar-refractivity contribution is 0.0392. The van der Waals surface area contributed by atoms with E-state index in [1.165, 1.54) is 5.56 Å². The first-order chi connectivity index (χ1) is 13.7. The van der Waals surface area contributed by atoms with Crippen LogP contribution in [0.1, 0.15) is 17.5 Å². The maximum atomic E-state index is 12.8. The average Bonchev–Trinajstić information content (AvgIpc) is 2.95. The number of ether oxygens (including phenoxy) is 1. The fraction of sp³-hybridized carbons (Fsp3) is 0.304. The van der Waals surface area contributed by atoms with E-state index in [4.69, 9.17) is 10.00 Å². The lowest BCUT2D eigenvalue weighted by Gasteiger charge is -2.40. The lowest BCUT2D eigenvalue weighted by atomic mass is 10.1. The second-order valence-electron chi connectivity index (χ2n) is 7.35. The molecule has 2 bridgehead atoms. The molecule has 5 heteroatoms. The van der Waals surface area contributed by atoms with Gasteiger partial charge in [-0.25, -0.2) is 4.79 Å². The number of hydrogen-bond acceptors (Lipinski definition) is 4. The Balaban J connectivity index is 1.46. The summed E-state index contributed by atoms with van der Waals surface area (Å²) in [5.74, 6) is 0. The van der Waals surface area contributed by atoms with Gasteiger partial charge in [-0.3, -0.25) is 9.80 Å². The highest BCUT2D eigenvalue weighted by Crippen LogP contribution is 2.35. The fourth-order valence-corrected chi connectivity index (χ4v) is 4.19. The van der Waals surface area contributed by atoms with Gasteiger partial charge in [0, 0.05) is 25.7 Å². The predicted octanol–water partition coefficient (Wildman–Crippen LogP) is 3.73. The Morgan fingerprint density at radius 2 is 1.75 bits per heavy atom. The van der Waals surface area contributed by atoms with Crippen LogP contribution in [-0.4, -0.2) is 41.1 Å². The molecule has 142 valence electrons. The molecule has 2 aliphatic heterocycles. The third-order valence-electron chi connectivity index (χ3n) is 5.44. The minimum absolute atomic E-state index is 0.0466. The molecule has 0 aromatic heterocycles. The number of rotatable bonds is 4. The number of hydrogen-bond donors (Lipinski definition) is 0. The Labute approximate surface area is 165 Å². The molecule has 1 amide bonds. The molecule has 0 saturated carbocycles. The van der Waals surface area contributed by atoms with Crippen LogP contribution in [0.2, 0.25) is 0 Å². The molecule has 2 aliphatic rings. The second-order valence-corrected chi connectivity index (χ2v) is 7.35. The van der Waals surface area contributed by atoms with Crippen LogP contribution < -0.4 is 0 Å². The van der Waals surface area contributed by atoms with E-state index in [0.29, 0.717) is 0 Å². The van der Waals surface area contributed by atoms with Gasteiger partial charge in [-0.1, -0.05) is 60.7 Å². The Kier molecular flexibility index (Phi) is 5.41. The number of carbonyl (C=O) groups excluding carboxylic acids is 1. The van der Waals surface area contributed by atoms with E-state index in [0.717, 1.165) is 37.2 Å². The van der Waals surface area contributed by atoms with Crippen molar-refractivity contribution in [3.8, 4) is 6.07 Å². The van der Waals surface area contributed by atoms with Gasteiger partial charge < -0.3 is 4.74 Å². The first-order valence-electron chi connectivity index (χ1n) is 9.58. The van der Waals surface area contributed by atoms with Crippen LogP contribution in [0, 0.1) is 11.3 Å². The number of piperazine rings is 1. The highest BCUT2D eigenvalue weighted by Gasteiger charge is 2.46. The molecular formula is C23H23N3O2. The largest absolute Gasteiger partial charge is 0.445 e. The van der Waals surface area contributed by atoms with Crippen molar-refractivity contribution < 1.29 is 9.53 Å². The zero-order chi connectivity index (χ0) is 19.3. The SMILES string of the molecule is N#C/C=C1\C[C@@H]2CN(Cc3ccccc3)C[C@H]1N2C(=O)OCc1ccccc1. The number of nitrogens with zero attached hydrogens (tertiary/aromatic N) is 3. The van der Waals surface area contributed by atoms with Crippen LogP contribution in [0.25, 0.3) is 0 Å². The van der Waals surface area contributed by atoms with Gasteiger partial charge in [-0.05, 0) is 23.1 Å². The maximum Gasteiger partial charge on any atom is 0.410 e. The second kappa shape index (κ2) is 8.28. The van der Waals surface area contributed by atoms with Crippen LogP contribution in [0.15, 0.2) is 72.3 Å². The molecule has 5 nitrogen and oxygen atoms in total. The molecule has 0 unspecified atom stereocenters. The maximum absolute atomic E-state index is 12.8. The van der Waals surface area contributed by atoms with Gasteiger partial charge in [0.2, 0.25) is 0 Å². The summed E-state index contributed by atoms with van der Waals surface area (Å²) >= 11 is 0. The summed E-state index contributed by atoms with van der Waals surface area (Å²) in [5, 5.41) is 9.15. The first-order valence-corrected chi connectivity index (χ1v) is 9.58. The number of likely N-dealkylation sites (tertiary alicyclic amines) is 1. The van der Waals surface area contributed by atoms with E-state index in [-0.39, 0.29) is 24.8 Å². The number of benzene rings is 2. The molecule has 2 aromatic carbocycles. The van der Waals surface area contributed by atoms with E-state index in [1.54, 1.807) is 6.08 Å². The number of allylic oxidation sites excluding steroid dienone is 1. The minimum Gasteiger partial charge on any atom is -0.445 e. The van der Waals surface area contributed by atoms with Crippen molar-refractivity contribution in [1.29, 1.82) is 5.26 Å². The third kappa shape index (κ3) is 3.92. The van der Waals surface area contributed by atoms with Crippen molar-refractivity contribution in [3.05, 3.63) is 83.4 Å². The summed E-state index contributed by atoms with van der Waals surface area (Å²) in [7, 11) is 0. The van der Waals surface area contributed by atoms with Gasteiger partial charge in [0.05, 0.1) is 18.2 Å². The van der Waals surface area contributed by atoms with Crippen LogP contribution in [0.5, 0.6) is 0 Å². The van der Waals surface area contributed by atoms with Gasteiger partial charge in [-0.2, -0.15) is 5.26 Å². The Morgan fingerprint density at radius 3 is 2.43 bits per heavy atom. The topological polar surface area (TPSA) is 56.6 Å². The normalized spacial score (nSPS) is 22.8. The number of carbonyl (C=O) groups is 1. The molecular weight excluding hydrogens is 350 g/mol. The van der Waals surface area contributed by atoms with Crippen molar-refractivity contribution in [1.82, 2.24) is 9.80 Å². The number of nitriles is 1. The van der Waals surface area contributed by atoms with Gasteiger partial charge in [0.1, 0.15) is 6.61 Å². The molecule has 0 aliphatic carbocycles. The summed E-state index contributed by atoms with van der Waals surface area (Å²) in [6, 6.07) is 22.1. The molecule has 2 saturated heterocycles. The van der Waals surface area contributed by atoms with Crippen molar-refractivity contribution in [2.45, 2.75) is 31.7 Å². The zero-order valence-electron chi connectivity index (χ0n) is 15.7. The van der Waals surface area contributed by atoms with Crippen molar-refractivity contribution in [2.24, 2.45) is 0 Å². The van der Waals surface area contributed by atoms with Crippen LogP contribution in [0.3, 0.4) is 0 Å². The van der Waals surface area contributed by atoms with Gasteiger partial charge in [0.25, 0.3) is 0 Å². The Bertz CT molecular complexity index is 889. The molecule has 2 aromatic rings. The van der Waals surface area contributed by atoms with Gasteiger partial charge >= 0.3 is 6.09 Å². The smallest absolute Gasteiger partial charge is 0.410 e. The fourth-order valence-electron chi connectivity index (χ4n) is 4.19. The molecule has 0 spiro atoms. The summed E-state index contributed by atoms with van der Waals surface area (Å²) < 4.78 is 5.59. The van der Waals surface area contributed by atoms with Gasteiger partial charge in [0.15, 0.2) is 0 Å².